The quantitative estimate of drug-likeness (QED) is 0.472. The standard InChI is InChI=1S/C20H12ClNO5S/c21-14-1-4-16(5-2-14)28(24,25)27-15-3-6-17-18(12-15)26-19(20(17)23)11-13-7-9-22-10-8-13/h1-12H. The molecule has 0 aliphatic carbocycles. The number of nitrogens with zero attached hydrogens (tertiary/aromatic N) is 1. The van der Waals surface area contributed by atoms with Crippen molar-refractivity contribution in [3.63, 3.8) is 0 Å². The van der Waals surface area contributed by atoms with Crippen LogP contribution in [0.4, 0.5) is 0 Å². The maximum absolute atomic E-state index is 12.5. The van der Waals surface area contributed by atoms with Gasteiger partial charge in [-0.05, 0) is 60.2 Å². The number of hydrogen-bond donors (Lipinski definition) is 0. The Balaban J connectivity index is 1.60. The van der Waals surface area contributed by atoms with Gasteiger partial charge in [-0.15, -0.1) is 0 Å². The van der Waals surface area contributed by atoms with E-state index in [0.29, 0.717) is 10.6 Å². The third-order valence-electron chi connectivity index (χ3n) is 3.95. The van der Waals surface area contributed by atoms with Gasteiger partial charge in [0.15, 0.2) is 5.76 Å². The molecule has 0 radical (unpaired) electrons. The second kappa shape index (κ2) is 7.10. The van der Waals surface area contributed by atoms with Gasteiger partial charge in [-0.25, -0.2) is 0 Å². The molecule has 0 saturated heterocycles. The summed E-state index contributed by atoms with van der Waals surface area (Å²) in [4.78, 5) is 16.4. The lowest BCUT2D eigenvalue weighted by Gasteiger charge is -2.08. The molecular weight excluding hydrogens is 402 g/mol. The van der Waals surface area contributed by atoms with Crippen LogP contribution in [-0.4, -0.2) is 19.2 Å². The minimum atomic E-state index is -4.04. The second-order valence-electron chi connectivity index (χ2n) is 5.87. The van der Waals surface area contributed by atoms with Gasteiger partial charge in [0.25, 0.3) is 0 Å². The number of pyridine rings is 1. The number of aromatic nitrogens is 1. The zero-order valence-electron chi connectivity index (χ0n) is 14.2. The first-order chi connectivity index (χ1) is 13.4. The summed E-state index contributed by atoms with van der Waals surface area (Å²) in [6.45, 7) is 0. The number of ketones is 1. The highest BCUT2D eigenvalue weighted by Crippen LogP contribution is 2.35. The Morgan fingerprint density at radius 1 is 1.00 bits per heavy atom. The molecule has 28 heavy (non-hydrogen) atoms. The average Bonchev–Trinajstić information content (AvgIpc) is 2.97. The molecule has 2 aromatic carbocycles. The van der Waals surface area contributed by atoms with Gasteiger partial charge in [-0.1, -0.05) is 11.6 Å². The highest BCUT2D eigenvalue weighted by molar-refractivity contribution is 7.87. The molecule has 0 saturated carbocycles. The Morgan fingerprint density at radius 2 is 1.71 bits per heavy atom. The number of Topliss-reactive ketones (excluding diaryl/α,β-unsaturated/α-hetero) is 1. The lowest BCUT2D eigenvalue weighted by molar-refractivity contribution is 0.101. The Kier molecular flexibility index (Phi) is 4.62. The lowest BCUT2D eigenvalue weighted by Crippen LogP contribution is -2.09. The van der Waals surface area contributed by atoms with Gasteiger partial charge in [0, 0.05) is 23.5 Å². The van der Waals surface area contributed by atoms with E-state index in [1.165, 1.54) is 42.5 Å². The van der Waals surface area contributed by atoms with E-state index in [1.54, 1.807) is 30.6 Å². The summed E-state index contributed by atoms with van der Waals surface area (Å²) < 4.78 is 35.5. The van der Waals surface area contributed by atoms with Gasteiger partial charge >= 0.3 is 10.1 Å². The fourth-order valence-corrected chi connectivity index (χ4v) is 3.65. The smallest absolute Gasteiger partial charge is 0.339 e. The van der Waals surface area contributed by atoms with Crippen molar-refractivity contribution in [3.05, 3.63) is 88.9 Å². The van der Waals surface area contributed by atoms with E-state index in [1.807, 2.05) is 0 Å². The molecule has 0 amide bonds. The van der Waals surface area contributed by atoms with E-state index < -0.39 is 10.1 Å². The monoisotopic (exact) mass is 413 g/mol. The molecule has 1 aromatic heterocycles. The van der Waals surface area contributed by atoms with Crippen molar-refractivity contribution < 1.29 is 22.1 Å². The van der Waals surface area contributed by atoms with Crippen LogP contribution in [0, 0.1) is 0 Å². The fourth-order valence-electron chi connectivity index (χ4n) is 2.61. The number of ether oxygens (including phenoxy) is 1. The van der Waals surface area contributed by atoms with Gasteiger partial charge in [-0.2, -0.15) is 8.42 Å². The van der Waals surface area contributed by atoms with Crippen LogP contribution in [0.25, 0.3) is 6.08 Å². The predicted molar refractivity (Wildman–Crippen MR) is 103 cm³/mol. The molecule has 1 aliphatic rings. The molecule has 0 fully saturated rings. The van der Waals surface area contributed by atoms with E-state index in [4.69, 9.17) is 20.5 Å². The first kappa shape index (κ1) is 18.2. The van der Waals surface area contributed by atoms with Gasteiger partial charge < -0.3 is 8.92 Å². The van der Waals surface area contributed by atoms with Gasteiger partial charge in [-0.3, -0.25) is 9.78 Å². The number of hydrogen-bond acceptors (Lipinski definition) is 6. The number of benzene rings is 2. The first-order valence-electron chi connectivity index (χ1n) is 8.11. The Labute approximate surface area is 166 Å². The van der Waals surface area contributed by atoms with Gasteiger partial charge in [0.05, 0.1) is 5.56 Å². The van der Waals surface area contributed by atoms with Crippen molar-refractivity contribution in [2.24, 2.45) is 0 Å². The minimum absolute atomic E-state index is 0.0339. The Bertz CT molecular complexity index is 1190. The molecule has 0 spiro atoms. The maximum atomic E-state index is 12.5. The lowest BCUT2D eigenvalue weighted by atomic mass is 10.1. The predicted octanol–water partition coefficient (Wildman–Crippen LogP) is 4.12. The van der Waals surface area contributed by atoms with Crippen molar-refractivity contribution in [3.8, 4) is 11.5 Å². The van der Waals surface area contributed by atoms with Crippen molar-refractivity contribution in [1.29, 1.82) is 0 Å². The third-order valence-corrected chi connectivity index (χ3v) is 5.47. The number of carbonyl (C=O) groups is 1. The molecule has 1 aliphatic heterocycles. The van der Waals surface area contributed by atoms with Crippen LogP contribution >= 0.6 is 11.6 Å². The molecule has 0 bridgehead atoms. The summed E-state index contributed by atoms with van der Waals surface area (Å²) in [5.41, 5.74) is 1.09. The third kappa shape index (κ3) is 3.62. The summed E-state index contributed by atoms with van der Waals surface area (Å²) in [5, 5.41) is 0.414. The molecule has 3 aromatic rings. The fraction of sp³-hybridized carbons (Fsp3) is 0. The molecule has 2 heterocycles. The highest BCUT2D eigenvalue weighted by atomic mass is 35.5. The van der Waals surface area contributed by atoms with Crippen LogP contribution in [0.2, 0.25) is 5.02 Å². The average molecular weight is 414 g/mol. The van der Waals surface area contributed by atoms with Crippen LogP contribution in [0.1, 0.15) is 15.9 Å². The molecule has 6 nitrogen and oxygen atoms in total. The number of carbonyl (C=O) groups excluding carboxylic acids is 1. The van der Waals surface area contributed by atoms with E-state index in [-0.39, 0.29) is 27.9 Å². The van der Waals surface area contributed by atoms with E-state index in [9.17, 15) is 13.2 Å². The molecule has 4 rings (SSSR count). The largest absolute Gasteiger partial charge is 0.452 e. The molecule has 0 atom stereocenters. The van der Waals surface area contributed by atoms with Gasteiger partial charge in [0.2, 0.25) is 5.78 Å². The van der Waals surface area contributed by atoms with Crippen LogP contribution < -0.4 is 8.92 Å². The molecule has 0 N–H and O–H groups in total. The second-order valence-corrected chi connectivity index (χ2v) is 7.85. The summed E-state index contributed by atoms with van der Waals surface area (Å²) in [6.07, 6.45) is 4.80. The molecular formula is C20H12ClNO5S. The summed E-state index contributed by atoms with van der Waals surface area (Å²) in [7, 11) is -4.04. The highest BCUT2D eigenvalue weighted by Gasteiger charge is 2.28. The number of allylic oxidation sites excluding steroid dienone is 1. The normalized spacial score (nSPS) is 14.6. The van der Waals surface area contributed by atoms with E-state index in [0.717, 1.165) is 5.56 Å². The molecule has 140 valence electrons. The summed E-state index contributed by atoms with van der Waals surface area (Å²) in [6, 6.07) is 13.3. The zero-order chi connectivity index (χ0) is 19.7. The first-order valence-corrected chi connectivity index (χ1v) is 9.89. The summed E-state index contributed by atoms with van der Waals surface area (Å²) >= 11 is 5.78. The van der Waals surface area contributed by atoms with Crippen molar-refractivity contribution in [2.45, 2.75) is 4.90 Å². The van der Waals surface area contributed by atoms with Crippen LogP contribution in [0.3, 0.4) is 0 Å². The maximum Gasteiger partial charge on any atom is 0.339 e. The SMILES string of the molecule is O=C1C(=Cc2ccncc2)Oc2cc(OS(=O)(=O)c3ccc(Cl)cc3)ccc21. The van der Waals surface area contributed by atoms with Crippen LogP contribution in [-0.2, 0) is 10.1 Å². The van der Waals surface area contributed by atoms with Crippen molar-refractivity contribution in [2.75, 3.05) is 0 Å². The van der Waals surface area contributed by atoms with Crippen molar-refractivity contribution >= 4 is 33.6 Å². The van der Waals surface area contributed by atoms with E-state index in [2.05, 4.69) is 4.98 Å². The number of fused-ring (bicyclic) bond motifs is 1. The zero-order valence-corrected chi connectivity index (χ0v) is 15.8. The number of halogens is 1. The topological polar surface area (TPSA) is 82.6 Å². The minimum Gasteiger partial charge on any atom is -0.452 e. The molecule has 8 heteroatoms. The van der Waals surface area contributed by atoms with Gasteiger partial charge in [0.1, 0.15) is 16.4 Å². The van der Waals surface area contributed by atoms with Crippen LogP contribution in [0.15, 0.2) is 77.6 Å². The van der Waals surface area contributed by atoms with E-state index >= 15 is 0 Å². The number of rotatable bonds is 4. The van der Waals surface area contributed by atoms with Crippen molar-refractivity contribution in [1.82, 2.24) is 4.98 Å². The molecule has 0 unspecified atom stereocenters. The Hall–Kier alpha value is -3.16. The summed E-state index contributed by atoms with van der Waals surface area (Å²) in [5.74, 6) is 0.110. The Morgan fingerprint density at radius 3 is 2.43 bits per heavy atom. The van der Waals surface area contributed by atoms with Crippen LogP contribution in [0.5, 0.6) is 11.5 Å².